The molecule has 1 aromatic heterocycles. The van der Waals surface area contributed by atoms with E-state index >= 15 is 0 Å². The summed E-state index contributed by atoms with van der Waals surface area (Å²) in [6.45, 7) is 0. The van der Waals surface area contributed by atoms with Gasteiger partial charge >= 0.3 is 0 Å². The Kier molecular flexibility index (Phi) is 2.05. The van der Waals surface area contributed by atoms with Crippen LogP contribution in [-0.2, 0) is 0 Å². The summed E-state index contributed by atoms with van der Waals surface area (Å²) in [7, 11) is 0. The van der Waals surface area contributed by atoms with Gasteiger partial charge in [-0.1, -0.05) is 0 Å². The van der Waals surface area contributed by atoms with Gasteiger partial charge in [-0.2, -0.15) is 5.26 Å². The number of fused-ring (bicyclic) bond motifs is 1. The normalized spacial score (nSPS) is 10.3. The second-order valence-electron chi connectivity index (χ2n) is 2.86. The number of nitrogens with zero attached hydrogens (tertiary/aromatic N) is 2. The van der Waals surface area contributed by atoms with E-state index in [1.54, 1.807) is 6.07 Å². The van der Waals surface area contributed by atoms with Crippen molar-refractivity contribution in [1.82, 2.24) is 4.98 Å². The summed E-state index contributed by atoms with van der Waals surface area (Å²) >= 11 is 0. The number of rotatable bonds is 0. The van der Waals surface area contributed by atoms with E-state index in [-0.39, 0.29) is 16.6 Å². The van der Waals surface area contributed by atoms with E-state index in [4.69, 9.17) is 5.26 Å². The summed E-state index contributed by atoms with van der Waals surface area (Å²) < 4.78 is 39.1. The molecule has 0 atom stereocenters. The van der Waals surface area contributed by atoms with Gasteiger partial charge in [0.05, 0.1) is 0 Å². The standard InChI is InChI=1S/C10H3F3N2/c11-7-3-8(12)10-6(9(7)13)2-1-5(4-14)15-10/h1-3H. The predicted octanol–water partition coefficient (Wildman–Crippen LogP) is 2.52. The van der Waals surface area contributed by atoms with E-state index in [1.807, 2.05) is 0 Å². The van der Waals surface area contributed by atoms with Crippen LogP contribution in [0, 0.1) is 28.8 Å². The second kappa shape index (κ2) is 3.24. The Morgan fingerprint density at radius 3 is 2.53 bits per heavy atom. The summed E-state index contributed by atoms with van der Waals surface area (Å²) in [5.74, 6) is -3.42. The van der Waals surface area contributed by atoms with Gasteiger partial charge in [0.15, 0.2) is 17.5 Å². The second-order valence-corrected chi connectivity index (χ2v) is 2.86. The van der Waals surface area contributed by atoms with E-state index in [0.29, 0.717) is 6.07 Å². The minimum atomic E-state index is -1.27. The van der Waals surface area contributed by atoms with Crippen LogP contribution in [0.3, 0.4) is 0 Å². The third kappa shape index (κ3) is 1.40. The molecule has 0 aliphatic rings. The summed E-state index contributed by atoms with van der Waals surface area (Å²) in [5.41, 5.74) is -0.389. The molecule has 5 heteroatoms. The lowest BCUT2D eigenvalue weighted by atomic mass is 10.2. The fraction of sp³-hybridized carbons (Fsp3) is 0. The first-order chi connectivity index (χ1) is 7.13. The van der Waals surface area contributed by atoms with Crippen LogP contribution in [0.2, 0.25) is 0 Å². The number of nitriles is 1. The largest absolute Gasteiger partial charge is 0.234 e. The van der Waals surface area contributed by atoms with E-state index in [9.17, 15) is 13.2 Å². The molecule has 74 valence electrons. The SMILES string of the molecule is N#Cc1ccc2c(F)c(F)cc(F)c2n1. The summed E-state index contributed by atoms with van der Waals surface area (Å²) in [5, 5.41) is 8.24. The van der Waals surface area contributed by atoms with Crippen molar-refractivity contribution in [3.8, 4) is 6.07 Å². The highest BCUT2D eigenvalue weighted by molar-refractivity contribution is 5.80. The smallest absolute Gasteiger partial charge is 0.168 e. The van der Waals surface area contributed by atoms with E-state index in [1.165, 1.54) is 6.07 Å². The number of benzene rings is 1. The van der Waals surface area contributed by atoms with Crippen LogP contribution in [0.25, 0.3) is 10.9 Å². The fourth-order valence-electron chi connectivity index (χ4n) is 1.25. The predicted molar refractivity (Wildman–Crippen MR) is 46.3 cm³/mol. The Morgan fingerprint density at radius 1 is 1.13 bits per heavy atom. The lowest BCUT2D eigenvalue weighted by Crippen LogP contribution is -1.94. The minimum absolute atomic E-state index is 0.0487. The molecule has 2 nitrogen and oxygen atoms in total. The number of aromatic nitrogens is 1. The Labute approximate surface area is 82.6 Å². The van der Waals surface area contributed by atoms with Gasteiger partial charge in [-0.15, -0.1) is 0 Å². The van der Waals surface area contributed by atoms with Gasteiger partial charge in [-0.25, -0.2) is 18.2 Å². The molecule has 0 saturated heterocycles. The average Bonchev–Trinajstić information content (AvgIpc) is 2.25. The number of halogens is 3. The van der Waals surface area contributed by atoms with Gasteiger partial charge in [0.2, 0.25) is 0 Å². The maximum absolute atomic E-state index is 13.2. The molecule has 0 spiro atoms. The zero-order valence-electron chi connectivity index (χ0n) is 7.26. The quantitative estimate of drug-likeness (QED) is 0.623. The van der Waals surface area contributed by atoms with E-state index in [2.05, 4.69) is 4.98 Å². The third-order valence-corrected chi connectivity index (χ3v) is 1.94. The van der Waals surface area contributed by atoms with Crippen LogP contribution in [0.5, 0.6) is 0 Å². The molecule has 0 radical (unpaired) electrons. The molecule has 15 heavy (non-hydrogen) atoms. The summed E-state index contributed by atoms with van der Waals surface area (Å²) in [6, 6.07) is 4.42. The zero-order chi connectivity index (χ0) is 11.0. The van der Waals surface area contributed by atoms with Gasteiger partial charge in [-0.05, 0) is 12.1 Å². The first-order valence-electron chi connectivity index (χ1n) is 3.98. The van der Waals surface area contributed by atoms with Gasteiger partial charge in [-0.3, -0.25) is 0 Å². The third-order valence-electron chi connectivity index (χ3n) is 1.94. The van der Waals surface area contributed by atoms with Gasteiger partial charge in [0.1, 0.15) is 17.3 Å². The molecule has 0 aliphatic heterocycles. The van der Waals surface area contributed by atoms with Crippen molar-refractivity contribution >= 4 is 10.9 Å². The Bertz CT molecular complexity index is 587. The molecule has 0 bridgehead atoms. The zero-order valence-corrected chi connectivity index (χ0v) is 7.26. The summed E-state index contributed by atoms with van der Waals surface area (Å²) in [4.78, 5) is 3.55. The molecule has 0 aliphatic carbocycles. The number of hydrogen-bond donors (Lipinski definition) is 0. The first-order valence-corrected chi connectivity index (χ1v) is 3.98. The molecule has 0 unspecified atom stereocenters. The highest BCUT2D eigenvalue weighted by Gasteiger charge is 2.13. The summed E-state index contributed by atoms with van der Waals surface area (Å²) in [6.07, 6.45) is 0. The molecule has 1 heterocycles. The Morgan fingerprint density at radius 2 is 1.87 bits per heavy atom. The van der Waals surface area contributed by atoms with Crippen LogP contribution >= 0.6 is 0 Å². The van der Waals surface area contributed by atoms with Crippen LogP contribution in [0.15, 0.2) is 18.2 Å². The lowest BCUT2D eigenvalue weighted by Gasteiger charge is -2.01. The van der Waals surface area contributed by atoms with Crippen molar-refractivity contribution in [3.05, 3.63) is 41.3 Å². The highest BCUT2D eigenvalue weighted by Crippen LogP contribution is 2.22. The topological polar surface area (TPSA) is 36.7 Å². The van der Waals surface area contributed by atoms with Crippen molar-refractivity contribution in [2.45, 2.75) is 0 Å². The molecule has 0 saturated carbocycles. The van der Waals surface area contributed by atoms with Crippen LogP contribution in [0.4, 0.5) is 13.2 Å². The Balaban J connectivity index is 2.91. The monoisotopic (exact) mass is 208 g/mol. The molecular weight excluding hydrogens is 205 g/mol. The fourth-order valence-corrected chi connectivity index (χ4v) is 1.25. The molecule has 0 fully saturated rings. The molecule has 2 aromatic rings. The molecule has 0 N–H and O–H groups in total. The van der Waals surface area contributed by atoms with Gasteiger partial charge < -0.3 is 0 Å². The van der Waals surface area contributed by atoms with Crippen LogP contribution < -0.4 is 0 Å². The van der Waals surface area contributed by atoms with Crippen molar-refractivity contribution in [2.24, 2.45) is 0 Å². The van der Waals surface area contributed by atoms with Crippen LogP contribution in [-0.4, -0.2) is 4.98 Å². The van der Waals surface area contributed by atoms with Crippen molar-refractivity contribution in [1.29, 1.82) is 5.26 Å². The minimum Gasteiger partial charge on any atom is -0.234 e. The van der Waals surface area contributed by atoms with Crippen LogP contribution in [0.1, 0.15) is 5.69 Å². The maximum atomic E-state index is 13.2. The van der Waals surface area contributed by atoms with Gasteiger partial charge in [0.25, 0.3) is 0 Å². The number of pyridine rings is 1. The number of hydrogen-bond acceptors (Lipinski definition) is 2. The average molecular weight is 208 g/mol. The van der Waals surface area contributed by atoms with Crippen molar-refractivity contribution in [2.75, 3.05) is 0 Å². The molecular formula is C10H3F3N2. The molecule has 2 rings (SSSR count). The molecule has 1 aromatic carbocycles. The van der Waals surface area contributed by atoms with E-state index in [0.717, 1.165) is 6.07 Å². The highest BCUT2D eigenvalue weighted by atomic mass is 19.2. The van der Waals surface area contributed by atoms with Gasteiger partial charge in [0, 0.05) is 11.5 Å². The van der Waals surface area contributed by atoms with Crippen molar-refractivity contribution in [3.63, 3.8) is 0 Å². The van der Waals surface area contributed by atoms with E-state index < -0.39 is 17.5 Å². The van der Waals surface area contributed by atoms with Crippen molar-refractivity contribution < 1.29 is 13.2 Å². The lowest BCUT2D eigenvalue weighted by molar-refractivity contribution is 0.505. The maximum Gasteiger partial charge on any atom is 0.168 e. The first kappa shape index (κ1) is 9.46. The molecule has 0 amide bonds. The Hall–Kier alpha value is -2.09.